The Kier molecular flexibility index (Phi) is 11.2. The highest BCUT2D eigenvalue weighted by Gasteiger charge is 2.35. The number of benzene rings is 2. The van der Waals surface area contributed by atoms with Crippen molar-refractivity contribution in [1.82, 2.24) is 15.5 Å². The van der Waals surface area contributed by atoms with Crippen LogP contribution in [-0.2, 0) is 32.3 Å². The number of fused-ring (bicyclic) bond motifs is 1. The summed E-state index contributed by atoms with van der Waals surface area (Å²) in [6, 6.07) is 13.6. The predicted molar refractivity (Wildman–Crippen MR) is 158 cm³/mol. The van der Waals surface area contributed by atoms with Gasteiger partial charge in [-0.25, -0.2) is 4.79 Å². The zero-order valence-corrected chi connectivity index (χ0v) is 24.4. The molecule has 0 saturated heterocycles. The van der Waals surface area contributed by atoms with Crippen LogP contribution in [0.25, 0.3) is 0 Å². The van der Waals surface area contributed by atoms with Crippen LogP contribution in [0, 0.1) is 5.92 Å². The molecule has 1 fully saturated rings. The SMILES string of the molecule is O=CC(O)(CCC(=O)N1CCNc2ccccc2C1)NC(=O)[C@H](CC1CCCCC1)NC(=O)OCc1cccc(Cl)c1. The first kappa shape index (κ1) is 31.3. The van der Waals surface area contributed by atoms with E-state index in [9.17, 15) is 24.3 Å². The van der Waals surface area contributed by atoms with Gasteiger partial charge in [-0.2, -0.15) is 0 Å². The van der Waals surface area contributed by atoms with Crippen LogP contribution in [0.3, 0.4) is 0 Å². The van der Waals surface area contributed by atoms with Crippen LogP contribution in [0.4, 0.5) is 10.5 Å². The molecule has 4 N–H and O–H groups in total. The Hall–Kier alpha value is -3.63. The number of amides is 3. The number of anilines is 1. The minimum atomic E-state index is -2.27. The van der Waals surface area contributed by atoms with Crippen LogP contribution in [0.15, 0.2) is 48.5 Å². The van der Waals surface area contributed by atoms with Crippen LogP contribution < -0.4 is 16.0 Å². The predicted octanol–water partition coefficient (Wildman–Crippen LogP) is 4.14. The van der Waals surface area contributed by atoms with Gasteiger partial charge in [0.25, 0.3) is 0 Å². The summed E-state index contributed by atoms with van der Waals surface area (Å²) in [5.74, 6) is -0.757. The van der Waals surface area contributed by atoms with E-state index in [2.05, 4.69) is 16.0 Å². The number of alkyl carbamates (subject to hydrolysis) is 1. The van der Waals surface area contributed by atoms with Gasteiger partial charge < -0.3 is 30.7 Å². The first-order valence-corrected chi connectivity index (χ1v) is 14.9. The molecule has 1 unspecified atom stereocenters. The maximum atomic E-state index is 13.4. The second-order valence-corrected chi connectivity index (χ2v) is 11.5. The second-order valence-electron chi connectivity index (χ2n) is 11.1. The Bertz CT molecular complexity index is 1250. The van der Waals surface area contributed by atoms with Crippen LogP contribution in [0.2, 0.25) is 5.02 Å². The van der Waals surface area contributed by atoms with Crippen molar-refractivity contribution >= 4 is 41.5 Å². The third-order valence-corrected chi connectivity index (χ3v) is 8.08. The largest absolute Gasteiger partial charge is 0.445 e. The van der Waals surface area contributed by atoms with Crippen LogP contribution in [-0.4, -0.2) is 59.1 Å². The van der Waals surface area contributed by atoms with Crippen molar-refractivity contribution in [3.05, 3.63) is 64.7 Å². The Labute approximate surface area is 251 Å². The number of carbonyl (C=O) groups excluding carboxylic acids is 4. The molecule has 0 spiro atoms. The van der Waals surface area contributed by atoms with E-state index in [0.29, 0.717) is 36.6 Å². The van der Waals surface area contributed by atoms with Crippen molar-refractivity contribution in [2.75, 3.05) is 18.4 Å². The lowest BCUT2D eigenvalue weighted by Gasteiger charge is -2.30. The van der Waals surface area contributed by atoms with Crippen molar-refractivity contribution in [1.29, 1.82) is 0 Å². The topological polar surface area (TPSA) is 137 Å². The van der Waals surface area contributed by atoms with E-state index in [1.807, 2.05) is 24.3 Å². The molecule has 2 aliphatic rings. The van der Waals surface area contributed by atoms with Crippen molar-refractivity contribution in [3.63, 3.8) is 0 Å². The van der Waals surface area contributed by atoms with Gasteiger partial charge in [0.05, 0.1) is 0 Å². The number of nitrogens with one attached hydrogen (secondary N) is 3. The average molecular weight is 599 g/mol. The van der Waals surface area contributed by atoms with Gasteiger partial charge in [0.1, 0.15) is 12.6 Å². The average Bonchev–Trinajstić information content (AvgIpc) is 3.22. The summed E-state index contributed by atoms with van der Waals surface area (Å²) >= 11 is 6.00. The molecular formula is C31H39ClN4O6. The van der Waals surface area contributed by atoms with Crippen molar-refractivity contribution in [3.8, 4) is 0 Å². The highest BCUT2D eigenvalue weighted by atomic mass is 35.5. The number of aliphatic hydroxyl groups is 1. The van der Waals surface area contributed by atoms with Gasteiger partial charge in [0.2, 0.25) is 11.8 Å². The summed E-state index contributed by atoms with van der Waals surface area (Å²) in [4.78, 5) is 52.7. The number of nitrogens with zero attached hydrogens (tertiary/aromatic N) is 1. The van der Waals surface area contributed by atoms with Crippen LogP contribution >= 0.6 is 11.6 Å². The summed E-state index contributed by atoms with van der Waals surface area (Å²) in [5.41, 5.74) is 0.356. The molecule has 0 radical (unpaired) electrons. The van der Waals surface area contributed by atoms with E-state index >= 15 is 0 Å². The molecule has 1 heterocycles. The fourth-order valence-corrected chi connectivity index (χ4v) is 5.72. The smallest absolute Gasteiger partial charge is 0.408 e. The maximum Gasteiger partial charge on any atom is 0.408 e. The van der Waals surface area contributed by atoms with Gasteiger partial charge in [0, 0.05) is 43.2 Å². The summed E-state index contributed by atoms with van der Waals surface area (Å²) in [5, 5.41) is 19.8. The van der Waals surface area contributed by atoms with Gasteiger partial charge in [-0.15, -0.1) is 0 Å². The molecule has 10 nitrogen and oxygen atoms in total. The molecule has 3 amide bonds. The Balaban J connectivity index is 1.36. The summed E-state index contributed by atoms with van der Waals surface area (Å²) in [6.45, 7) is 1.39. The monoisotopic (exact) mass is 598 g/mol. The molecule has 2 aromatic rings. The normalized spacial score (nSPS) is 17.4. The lowest BCUT2D eigenvalue weighted by Crippen LogP contribution is -2.57. The van der Waals surface area contributed by atoms with E-state index < -0.39 is 23.8 Å². The van der Waals surface area contributed by atoms with Gasteiger partial charge in [-0.3, -0.25) is 14.4 Å². The number of halogens is 1. The molecular weight excluding hydrogens is 560 g/mol. The highest BCUT2D eigenvalue weighted by molar-refractivity contribution is 6.30. The third-order valence-electron chi connectivity index (χ3n) is 7.84. The van der Waals surface area contributed by atoms with Crippen molar-refractivity contribution in [2.45, 2.75) is 76.3 Å². The van der Waals surface area contributed by atoms with E-state index in [0.717, 1.165) is 43.4 Å². The maximum absolute atomic E-state index is 13.4. The molecule has 11 heteroatoms. The first-order chi connectivity index (χ1) is 20.2. The van der Waals surface area contributed by atoms with E-state index in [-0.39, 0.29) is 37.6 Å². The van der Waals surface area contributed by atoms with E-state index in [4.69, 9.17) is 16.3 Å². The molecule has 42 heavy (non-hydrogen) atoms. The molecule has 1 saturated carbocycles. The van der Waals surface area contributed by atoms with Crippen LogP contribution in [0.5, 0.6) is 0 Å². The second kappa shape index (κ2) is 15.0. The molecule has 0 bridgehead atoms. The first-order valence-electron chi connectivity index (χ1n) is 14.5. The fourth-order valence-electron chi connectivity index (χ4n) is 5.51. The lowest BCUT2D eigenvalue weighted by atomic mass is 9.84. The number of hydrogen-bond acceptors (Lipinski definition) is 7. The summed E-state index contributed by atoms with van der Waals surface area (Å²) in [6.07, 6.45) is 4.35. The summed E-state index contributed by atoms with van der Waals surface area (Å²) in [7, 11) is 0. The molecule has 1 aliphatic heterocycles. The van der Waals surface area contributed by atoms with Crippen molar-refractivity contribution < 1.29 is 29.0 Å². The van der Waals surface area contributed by atoms with Crippen LogP contribution in [0.1, 0.15) is 62.5 Å². The Morgan fingerprint density at radius 2 is 1.93 bits per heavy atom. The Morgan fingerprint density at radius 1 is 1.14 bits per heavy atom. The van der Waals surface area contributed by atoms with Gasteiger partial charge in [-0.05, 0) is 41.7 Å². The number of para-hydroxylation sites is 1. The lowest BCUT2D eigenvalue weighted by molar-refractivity contribution is -0.143. The minimum Gasteiger partial charge on any atom is -0.445 e. The molecule has 2 aromatic carbocycles. The van der Waals surface area contributed by atoms with Gasteiger partial charge in [0.15, 0.2) is 12.0 Å². The van der Waals surface area contributed by atoms with Gasteiger partial charge >= 0.3 is 6.09 Å². The highest BCUT2D eigenvalue weighted by Crippen LogP contribution is 2.28. The number of rotatable bonds is 11. The van der Waals surface area contributed by atoms with E-state index in [1.54, 1.807) is 29.2 Å². The third kappa shape index (κ3) is 9.19. The van der Waals surface area contributed by atoms with Crippen molar-refractivity contribution in [2.24, 2.45) is 5.92 Å². The van der Waals surface area contributed by atoms with Gasteiger partial charge in [-0.1, -0.05) is 74.0 Å². The minimum absolute atomic E-state index is 0.0406. The number of ether oxygens (including phenoxy) is 1. The Morgan fingerprint density at radius 3 is 2.69 bits per heavy atom. The standard InChI is InChI=1S/C31H39ClN4O6/c32-25-11-6-9-23(17-25)20-42-30(40)34-27(18-22-7-2-1-3-8-22)29(39)35-31(41,21-37)14-13-28(38)36-16-15-33-26-12-5-4-10-24(26)19-36/h4-6,9-12,17,21-22,27,33,41H,1-3,7-8,13-16,18-20H2,(H,34,40)(H,35,39)/t27-,31?/m0/s1. The number of carbonyl (C=O) groups is 4. The van der Waals surface area contributed by atoms with E-state index in [1.165, 1.54) is 0 Å². The molecule has 1 aliphatic carbocycles. The zero-order valence-electron chi connectivity index (χ0n) is 23.6. The summed E-state index contributed by atoms with van der Waals surface area (Å²) < 4.78 is 5.31. The molecule has 2 atom stereocenters. The fraction of sp³-hybridized carbons (Fsp3) is 0.484. The quantitative estimate of drug-likeness (QED) is 0.225. The zero-order chi connectivity index (χ0) is 30.0. The number of hydrogen-bond donors (Lipinski definition) is 4. The number of aldehydes is 1. The molecule has 4 rings (SSSR count). The molecule has 0 aromatic heterocycles. The molecule has 226 valence electrons.